The molecule has 1 heterocycles. The molecule has 0 aliphatic heterocycles. The van der Waals surface area contributed by atoms with Crippen molar-refractivity contribution in [1.29, 1.82) is 0 Å². The van der Waals surface area contributed by atoms with Crippen LogP contribution < -0.4 is 4.74 Å². The fourth-order valence-corrected chi connectivity index (χ4v) is 4.39. The second-order valence-corrected chi connectivity index (χ2v) is 9.23. The van der Waals surface area contributed by atoms with E-state index in [0.717, 1.165) is 16.7 Å². The van der Waals surface area contributed by atoms with E-state index in [2.05, 4.69) is 10.2 Å². The third-order valence-electron chi connectivity index (χ3n) is 6.42. The molecule has 5 rings (SSSR count). The summed E-state index contributed by atoms with van der Waals surface area (Å²) >= 11 is 0. The number of carbonyl (C=O) groups excluding carboxylic acids is 1. The molecule has 1 aromatic heterocycles. The number of rotatable bonds is 8. The normalized spacial score (nSPS) is 10.8. The highest BCUT2D eigenvalue weighted by Crippen LogP contribution is 2.38. The first kappa shape index (κ1) is 25.5. The van der Waals surface area contributed by atoms with E-state index >= 15 is 0 Å². The molecule has 0 fully saturated rings. The summed E-state index contributed by atoms with van der Waals surface area (Å²) in [5.74, 6) is -0.0400. The fraction of sp³-hybridized carbons (Fsp3) is 0.129. The van der Waals surface area contributed by atoms with Gasteiger partial charge in [0.25, 0.3) is 5.91 Å². The first-order valence-electron chi connectivity index (χ1n) is 12.5. The summed E-state index contributed by atoms with van der Waals surface area (Å²) in [4.78, 5) is 15.0. The molecule has 0 aliphatic carbocycles. The van der Waals surface area contributed by atoms with Gasteiger partial charge in [-0.3, -0.25) is 4.79 Å². The standard InChI is InChI=1S/C31H28N4O4/c1-21-11-9-10-16-26(21)35-29(32-33-31(35)38)25-17-24(30(37)34(2)19-22-12-5-3-6-13-22)27(36)18-28(25)39-20-23-14-7-4-8-15-23/h3-18,36H,19-20H2,1-2H3,(H,33,38). The van der Waals surface area contributed by atoms with Gasteiger partial charge in [-0.1, -0.05) is 84.0 Å². The number of hydrogen-bond donors (Lipinski definition) is 2. The SMILES string of the molecule is Cc1ccccc1-n1c(O)nnc1-c1cc(C(=O)N(C)Cc2ccccc2)c(O)cc1OCc1ccccc1. The van der Waals surface area contributed by atoms with Gasteiger partial charge in [-0.2, -0.15) is 0 Å². The summed E-state index contributed by atoms with van der Waals surface area (Å²) in [7, 11) is 1.68. The average molecular weight is 521 g/mol. The lowest BCUT2D eigenvalue weighted by molar-refractivity contribution is 0.0782. The molecule has 39 heavy (non-hydrogen) atoms. The number of aryl methyl sites for hydroxylation is 1. The van der Waals surface area contributed by atoms with Gasteiger partial charge in [0.15, 0.2) is 5.82 Å². The van der Waals surface area contributed by atoms with Crippen LogP contribution in [0.4, 0.5) is 0 Å². The summed E-state index contributed by atoms with van der Waals surface area (Å²) in [6.45, 7) is 2.50. The van der Waals surface area contributed by atoms with E-state index in [-0.39, 0.29) is 35.7 Å². The molecular formula is C31H28N4O4. The maximum absolute atomic E-state index is 13.5. The van der Waals surface area contributed by atoms with Crippen LogP contribution in [0.3, 0.4) is 0 Å². The number of hydrogen-bond acceptors (Lipinski definition) is 6. The lowest BCUT2D eigenvalue weighted by atomic mass is 10.1. The van der Waals surface area contributed by atoms with Crippen molar-refractivity contribution in [2.75, 3.05) is 7.05 Å². The summed E-state index contributed by atoms with van der Waals surface area (Å²) in [6.07, 6.45) is 0. The molecule has 1 amide bonds. The number of aromatic nitrogens is 3. The number of phenols is 1. The number of ether oxygens (including phenoxy) is 1. The lowest BCUT2D eigenvalue weighted by Gasteiger charge is -2.20. The van der Waals surface area contributed by atoms with Crippen LogP contribution in [-0.2, 0) is 13.2 Å². The zero-order valence-corrected chi connectivity index (χ0v) is 21.7. The Bertz CT molecular complexity index is 1600. The summed E-state index contributed by atoms with van der Waals surface area (Å²) in [5, 5.41) is 29.8. The Morgan fingerprint density at radius 3 is 2.21 bits per heavy atom. The second-order valence-electron chi connectivity index (χ2n) is 9.23. The third kappa shape index (κ3) is 5.45. The van der Waals surface area contributed by atoms with E-state index < -0.39 is 0 Å². The fourth-order valence-electron chi connectivity index (χ4n) is 4.39. The van der Waals surface area contributed by atoms with Crippen LogP contribution in [0.2, 0.25) is 0 Å². The van der Waals surface area contributed by atoms with E-state index in [4.69, 9.17) is 4.74 Å². The van der Waals surface area contributed by atoms with Crippen molar-refractivity contribution >= 4 is 5.91 Å². The number of benzene rings is 4. The number of nitrogens with zero attached hydrogens (tertiary/aromatic N) is 4. The molecule has 8 nitrogen and oxygen atoms in total. The molecule has 5 aromatic rings. The van der Waals surface area contributed by atoms with Gasteiger partial charge in [-0.05, 0) is 35.7 Å². The van der Waals surface area contributed by atoms with Crippen molar-refractivity contribution in [3.63, 3.8) is 0 Å². The van der Waals surface area contributed by atoms with E-state index in [1.54, 1.807) is 7.05 Å². The van der Waals surface area contributed by atoms with Crippen molar-refractivity contribution in [1.82, 2.24) is 19.7 Å². The van der Waals surface area contributed by atoms with Crippen LogP contribution in [0.25, 0.3) is 17.1 Å². The Kier molecular flexibility index (Phi) is 7.27. The minimum Gasteiger partial charge on any atom is -0.507 e. The lowest BCUT2D eigenvalue weighted by Crippen LogP contribution is -2.26. The van der Waals surface area contributed by atoms with Gasteiger partial charge < -0.3 is 19.8 Å². The molecule has 0 unspecified atom stereocenters. The molecule has 8 heteroatoms. The highest BCUT2D eigenvalue weighted by Gasteiger charge is 2.25. The zero-order valence-electron chi connectivity index (χ0n) is 21.7. The molecule has 0 spiro atoms. The highest BCUT2D eigenvalue weighted by atomic mass is 16.5. The minimum atomic E-state index is -0.376. The van der Waals surface area contributed by atoms with Gasteiger partial charge in [0, 0.05) is 19.7 Å². The molecule has 0 saturated carbocycles. The Hall–Kier alpha value is -5.11. The number of carbonyl (C=O) groups is 1. The predicted octanol–water partition coefficient (Wildman–Crippen LogP) is 5.51. The van der Waals surface area contributed by atoms with E-state index in [1.807, 2.05) is 91.9 Å². The smallest absolute Gasteiger partial charge is 0.319 e. The van der Waals surface area contributed by atoms with Crippen molar-refractivity contribution in [3.8, 4) is 34.6 Å². The molecule has 0 radical (unpaired) electrons. The number of aromatic hydroxyl groups is 2. The minimum absolute atomic E-state index is 0.0781. The van der Waals surface area contributed by atoms with Crippen molar-refractivity contribution in [2.24, 2.45) is 0 Å². The molecule has 2 N–H and O–H groups in total. The van der Waals surface area contributed by atoms with Crippen LogP contribution in [0.1, 0.15) is 27.0 Å². The average Bonchev–Trinajstić information content (AvgIpc) is 3.33. The van der Waals surface area contributed by atoms with Crippen LogP contribution in [0.5, 0.6) is 17.5 Å². The molecule has 0 atom stereocenters. The first-order chi connectivity index (χ1) is 18.9. The summed E-state index contributed by atoms with van der Waals surface area (Å²) < 4.78 is 7.63. The van der Waals surface area contributed by atoms with Crippen molar-refractivity contribution < 1.29 is 19.7 Å². The molecular weight excluding hydrogens is 492 g/mol. The third-order valence-corrected chi connectivity index (χ3v) is 6.42. The quantitative estimate of drug-likeness (QED) is 0.280. The van der Waals surface area contributed by atoms with Crippen LogP contribution in [0, 0.1) is 6.92 Å². The van der Waals surface area contributed by atoms with Crippen LogP contribution in [-0.4, -0.2) is 42.8 Å². The second kappa shape index (κ2) is 11.1. The maximum atomic E-state index is 13.5. The molecule has 196 valence electrons. The summed E-state index contributed by atoms with van der Waals surface area (Å²) in [5.41, 5.74) is 3.92. The Morgan fingerprint density at radius 1 is 0.872 bits per heavy atom. The van der Waals surface area contributed by atoms with Gasteiger partial charge in [-0.25, -0.2) is 4.57 Å². The van der Waals surface area contributed by atoms with E-state index in [9.17, 15) is 15.0 Å². The number of phenolic OH excluding ortho intramolecular Hbond substituents is 1. The molecule has 4 aromatic carbocycles. The summed E-state index contributed by atoms with van der Waals surface area (Å²) in [6, 6.07) is 29.3. The van der Waals surface area contributed by atoms with Crippen molar-refractivity contribution in [2.45, 2.75) is 20.1 Å². The first-order valence-corrected chi connectivity index (χ1v) is 12.5. The largest absolute Gasteiger partial charge is 0.507 e. The van der Waals surface area contributed by atoms with Gasteiger partial charge >= 0.3 is 6.01 Å². The molecule has 0 bridgehead atoms. The zero-order chi connectivity index (χ0) is 27.4. The van der Waals surface area contributed by atoms with Crippen molar-refractivity contribution in [3.05, 3.63) is 119 Å². The van der Waals surface area contributed by atoms with Crippen LogP contribution >= 0.6 is 0 Å². The molecule has 0 aliphatic rings. The van der Waals surface area contributed by atoms with Gasteiger partial charge in [0.2, 0.25) is 0 Å². The number of amides is 1. The van der Waals surface area contributed by atoms with E-state index in [1.165, 1.54) is 21.6 Å². The van der Waals surface area contributed by atoms with Gasteiger partial charge in [0.05, 0.1) is 16.8 Å². The maximum Gasteiger partial charge on any atom is 0.319 e. The Morgan fingerprint density at radius 2 is 1.51 bits per heavy atom. The highest BCUT2D eigenvalue weighted by molar-refractivity contribution is 5.98. The van der Waals surface area contributed by atoms with Gasteiger partial charge in [-0.15, -0.1) is 5.10 Å². The Labute approximate surface area is 226 Å². The van der Waals surface area contributed by atoms with Gasteiger partial charge in [0.1, 0.15) is 18.1 Å². The Balaban J connectivity index is 1.59. The molecule has 0 saturated heterocycles. The monoisotopic (exact) mass is 520 g/mol. The topological polar surface area (TPSA) is 101 Å². The van der Waals surface area contributed by atoms with E-state index in [0.29, 0.717) is 23.5 Å². The number of para-hydroxylation sites is 1. The predicted molar refractivity (Wildman–Crippen MR) is 148 cm³/mol. The van der Waals surface area contributed by atoms with Crippen LogP contribution in [0.15, 0.2) is 97.1 Å².